The molecular weight excluding hydrogens is 315 g/mol. The molecule has 0 fully saturated rings. The van der Waals surface area contributed by atoms with Crippen molar-refractivity contribution >= 4 is 6.08 Å². The molecule has 2 aromatic carbocycles. The Hall–Kier alpha value is -2.13. The van der Waals surface area contributed by atoms with Crippen LogP contribution in [0.5, 0.6) is 5.75 Å². The normalized spacial score (nSPS) is 13.2. The molecule has 0 saturated heterocycles. The second-order valence-corrected chi connectivity index (χ2v) is 7.39. The van der Waals surface area contributed by atoms with E-state index in [-0.39, 0.29) is 5.82 Å². The van der Waals surface area contributed by atoms with Gasteiger partial charge in [-0.05, 0) is 73.6 Å². The van der Waals surface area contributed by atoms with Crippen molar-refractivity contribution in [2.45, 2.75) is 46.1 Å². The molecule has 0 aromatic heterocycles. The zero-order chi connectivity index (χ0) is 18.2. The monoisotopic (exact) mass is 340 g/mol. The molecule has 0 atom stereocenters. The van der Waals surface area contributed by atoms with E-state index in [1.807, 2.05) is 38.1 Å². The van der Waals surface area contributed by atoms with Gasteiger partial charge in [0.1, 0.15) is 11.6 Å². The molecule has 2 aromatic rings. The number of halogens is 1. The van der Waals surface area contributed by atoms with Crippen LogP contribution in [0.15, 0.2) is 30.3 Å². The Morgan fingerprint density at radius 1 is 1.12 bits per heavy atom. The predicted molar refractivity (Wildman–Crippen MR) is 100 cm³/mol. The van der Waals surface area contributed by atoms with E-state index in [0.717, 1.165) is 39.1 Å². The van der Waals surface area contributed by atoms with Gasteiger partial charge in [0.2, 0.25) is 0 Å². The summed E-state index contributed by atoms with van der Waals surface area (Å²) in [4.78, 5) is 0. The summed E-state index contributed by atoms with van der Waals surface area (Å²) in [5.41, 5.74) is 5.19. The minimum atomic E-state index is -0.748. The summed E-state index contributed by atoms with van der Waals surface area (Å²) in [5.74, 6) is 0.706. The van der Waals surface area contributed by atoms with Gasteiger partial charge in [0.25, 0.3) is 0 Å². The minimum absolute atomic E-state index is 0.143. The third-order valence-corrected chi connectivity index (χ3v) is 4.76. The molecule has 25 heavy (non-hydrogen) atoms. The van der Waals surface area contributed by atoms with Crippen molar-refractivity contribution in [3.8, 4) is 16.9 Å². The molecule has 0 bridgehead atoms. The summed E-state index contributed by atoms with van der Waals surface area (Å²) in [5, 5.41) is 9.88. The Morgan fingerprint density at radius 2 is 1.84 bits per heavy atom. The number of aliphatic hydroxyl groups is 1. The minimum Gasteiger partial charge on any atom is -0.493 e. The lowest BCUT2D eigenvalue weighted by Crippen LogP contribution is -2.22. The van der Waals surface area contributed by atoms with Crippen LogP contribution < -0.4 is 4.74 Å². The average molecular weight is 340 g/mol. The lowest BCUT2D eigenvalue weighted by molar-refractivity contribution is 0.0551. The van der Waals surface area contributed by atoms with Crippen LogP contribution in [-0.4, -0.2) is 17.3 Å². The lowest BCUT2D eigenvalue weighted by Gasteiger charge is -2.20. The fourth-order valence-electron chi connectivity index (χ4n) is 3.31. The Kier molecular flexibility index (Phi) is 4.70. The summed E-state index contributed by atoms with van der Waals surface area (Å²) in [6.45, 7) is 8.07. The zero-order valence-electron chi connectivity index (χ0n) is 15.3. The molecule has 0 amide bonds. The van der Waals surface area contributed by atoms with Gasteiger partial charge in [-0.3, -0.25) is 0 Å². The number of fused-ring (bicyclic) bond motifs is 1. The van der Waals surface area contributed by atoms with Gasteiger partial charge in [-0.25, -0.2) is 4.39 Å². The molecular formula is C22H25FO2. The lowest BCUT2D eigenvalue weighted by atomic mass is 9.92. The Bertz CT molecular complexity index is 829. The predicted octanol–water partition coefficient (Wildman–Crippen LogP) is 5.22. The first-order valence-electron chi connectivity index (χ1n) is 8.71. The maximum atomic E-state index is 14.0. The molecule has 3 rings (SSSR count). The maximum Gasteiger partial charge on any atom is 0.127 e. The van der Waals surface area contributed by atoms with Crippen LogP contribution in [0, 0.1) is 19.7 Å². The standard InChI is InChI=1S/C22H25FO2/c1-14-8-9-16(15(2)21(14)25-13-12-22(3,4)24)18-10-11-20(23)19-7-5-6-17(18)19/h5-6,8-11,24H,7,12-13H2,1-4H3. The quantitative estimate of drug-likeness (QED) is 0.809. The zero-order valence-corrected chi connectivity index (χ0v) is 15.3. The largest absolute Gasteiger partial charge is 0.493 e. The van der Waals surface area contributed by atoms with Gasteiger partial charge >= 0.3 is 0 Å². The fourth-order valence-corrected chi connectivity index (χ4v) is 3.31. The van der Waals surface area contributed by atoms with Gasteiger partial charge in [-0.2, -0.15) is 0 Å². The molecule has 1 aliphatic rings. The van der Waals surface area contributed by atoms with Gasteiger partial charge in [-0.1, -0.05) is 30.4 Å². The van der Waals surface area contributed by atoms with Crippen LogP contribution >= 0.6 is 0 Å². The Labute approximate surface area is 149 Å². The van der Waals surface area contributed by atoms with Crippen molar-refractivity contribution in [1.82, 2.24) is 0 Å². The van der Waals surface area contributed by atoms with Crippen LogP contribution in [-0.2, 0) is 6.42 Å². The van der Waals surface area contributed by atoms with E-state index in [4.69, 9.17) is 4.74 Å². The van der Waals surface area contributed by atoms with Gasteiger partial charge in [0.05, 0.1) is 12.2 Å². The first-order valence-corrected chi connectivity index (χ1v) is 8.71. The van der Waals surface area contributed by atoms with Gasteiger partial charge < -0.3 is 9.84 Å². The SMILES string of the molecule is Cc1ccc(-c2ccc(F)c3c2C=CC3)c(C)c1OCCC(C)(C)O. The molecule has 2 nitrogen and oxygen atoms in total. The van der Waals surface area contributed by atoms with Gasteiger partial charge in [0, 0.05) is 6.42 Å². The molecule has 1 N–H and O–H groups in total. The number of rotatable bonds is 5. The average Bonchev–Trinajstić information content (AvgIpc) is 3.01. The summed E-state index contributed by atoms with van der Waals surface area (Å²) in [6, 6.07) is 7.51. The van der Waals surface area contributed by atoms with Crippen molar-refractivity contribution in [2.24, 2.45) is 0 Å². The number of hydrogen-bond acceptors (Lipinski definition) is 2. The Balaban J connectivity index is 1.98. The van der Waals surface area contributed by atoms with Crippen molar-refractivity contribution in [3.63, 3.8) is 0 Å². The smallest absolute Gasteiger partial charge is 0.127 e. The van der Waals surface area contributed by atoms with E-state index in [0.29, 0.717) is 19.4 Å². The van der Waals surface area contributed by atoms with E-state index in [9.17, 15) is 9.50 Å². The molecule has 0 radical (unpaired) electrons. The second-order valence-electron chi connectivity index (χ2n) is 7.39. The molecule has 0 saturated carbocycles. The van der Waals surface area contributed by atoms with Gasteiger partial charge in [0.15, 0.2) is 0 Å². The van der Waals surface area contributed by atoms with E-state index in [1.165, 1.54) is 0 Å². The highest BCUT2D eigenvalue weighted by molar-refractivity contribution is 5.82. The van der Waals surface area contributed by atoms with Crippen LogP contribution in [0.1, 0.15) is 42.5 Å². The Morgan fingerprint density at radius 3 is 2.56 bits per heavy atom. The first-order chi connectivity index (χ1) is 11.8. The molecule has 1 aliphatic carbocycles. The third kappa shape index (κ3) is 3.62. The van der Waals surface area contributed by atoms with Crippen LogP contribution in [0.25, 0.3) is 17.2 Å². The van der Waals surface area contributed by atoms with Crippen molar-refractivity contribution in [3.05, 3.63) is 58.4 Å². The topological polar surface area (TPSA) is 29.5 Å². The van der Waals surface area contributed by atoms with Crippen molar-refractivity contribution < 1.29 is 14.2 Å². The molecule has 132 valence electrons. The number of benzene rings is 2. The molecule has 0 heterocycles. The summed E-state index contributed by atoms with van der Waals surface area (Å²) >= 11 is 0. The number of aryl methyl sites for hydroxylation is 1. The van der Waals surface area contributed by atoms with Crippen LogP contribution in [0.2, 0.25) is 0 Å². The van der Waals surface area contributed by atoms with Crippen molar-refractivity contribution in [2.75, 3.05) is 6.61 Å². The highest BCUT2D eigenvalue weighted by Gasteiger charge is 2.19. The van der Waals surface area contributed by atoms with Crippen molar-refractivity contribution in [1.29, 1.82) is 0 Å². The van der Waals surface area contributed by atoms with E-state index >= 15 is 0 Å². The molecule has 0 aliphatic heterocycles. The first kappa shape index (κ1) is 17.7. The van der Waals surface area contributed by atoms with E-state index in [1.54, 1.807) is 19.9 Å². The number of allylic oxidation sites excluding steroid dienone is 1. The summed E-state index contributed by atoms with van der Waals surface area (Å²) in [6.07, 6.45) is 5.21. The van der Waals surface area contributed by atoms with Crippen LogP contribution in [0.3, 0.4) is 0 Å². The second kappa shape index (κ2) is 6.64. The highest BCUT2D eigenvalue weighted by atomic mass is 19.1. The number of hydrogen-bond donors (Lipinski definition) is 1. The highest BCUT2D eigenvalue weighted by Crippen LogP contribution is 2.38. The molecule has 0 spiro atoms. The van der Waals surface area contributed by atoms with E-state index in [2.05, 4.69) is 6.07 Å². The van der Waals surface area contributed by atoms with E-state index < -0.39 is 5.60 Å². The maximum absolute atomic E-state index is 14.0. The number of ether oxygens (including phenoxy) is 1. The third-order valence-electron chi connectivity index (χ3n) is 4.76. The van der Waals surface area contributed by atoms with Crippen LogP contribution in [0.4, 0.5) is 4.39 Å². The molecule has 3 heteroatoms. The molecule has 0 unspecified atom stereocenters. The summed E-state index contributed by atoms with van der Waals surface area (Å²) < 4.78 is 20.0. The fraction of sp³-hybridized carbons (Fsp3) is 0.364. The summed E-state index contributed by atoms with van der Waals surface area (Å²) in [7, 11) is 0. The van der Waals surface area contributed by atoms with Gasteiger partial charge in [-0.15, -0.1) is 0 Å².